The van der Waals surface area contributed by atoms with Crippen molar-refractivity contribution in [2.45, 2.75) is 23.3 Å². The third-order valence-electron chi connectivity index (χ3n) is 4.18. The number of hydrogen-bond donors (Lipinski definition) is 2. The first-order valence-electron chi connectivity index (χ1n) is 8.10. The van der Waals surface area contributed by atoms with Gasteiger partial charge >= 0.3 is 0 Å². The highest BCUT2D eigenvalue weighted by atomic mass is 32.2. The summed E-state index contributed by atoms with van der Waals surface area (Å²) in [6.07, 6.45) is 1.02. The van der Waals surface area contributed by atoms with Crippen molar-refractivity contribution in [3.8, 4) is 0 Å². The summed E-state index contributed by atoms with van der Waals surface area (Å²) in [6, 6.07) is 11.5. The Hall–Kier alpha value is -2.43. The van der Waals surface area contributed by atoms with E-state index in [0.29, 0.717) is 18.8 Å². The Morgan fingerprint density at radius 1 is 1.11 bits per heavy atom. The molecule has 0 spiro atoms. The van der Waals surface area contributed by atoms with Crippen LogP contribution in [0, 0.1) is 6.92 Å². The Bertz CT molecular complexity index is 1210. The van der Waals surface area contributed by atoms with E-state index in [4.69, 9.17) is 5.14 Å². The number of imidazole rings is 1. The maximum Gasteiger partial charge on any atom is 0.238 e. The third-order valence-corrected chi connectivity index (χ3v) is 6.23. The van der Waals surface area contributed by atoms with E-state index in [0.717, 1.165) is 29.2 Å². The number of nitrogens with two attached hydrogens (primary N) is 1. The first-order valence-corrected chi connectivity index (χ1v) is 11.5. The Labute approximate surface area is 158 Å². The Morgan fingerprint density at radius 2 is 1.81 bits per heavy atom. The number of sulfone groups is 1. The van der Waals surface area contributed by atoms with Crippen LogP contribution in [-0.2, 0) is 26.4 Å². The molecule has 0 radical (unpaired) electrons. The molecular formula is C17H20N4O4S2. The van der Waals surface area contributed by atoms with Gasteiger partial charge in [0.25, 0.3) is 0 Å². The zero-order valence-corrected chi connectivity index (χ0v) is 16.5. The molecule has 10 heteroatoms. The van der Waals surface area contributed by atoms with E-state index in [9.17, 15) is 16.8 Å². The third kappa shape index (κ3) is 4.12. The minimum absolute atomic E-state index is 0.110. The fourth-order valence-electron chi connectivity index (χ4n) is 2.91. The predicted octanol–water partition coefficient (Wildman–Crippen LogP) is 1.51. The molecule has 144 valence electrons. The quantitative estimate of drug-likeness (QED) is 0.637. The summed E-state index contributed by atoms with van der Waals surface area (Å²) in [5, 5.41) is 8.16. The smallest absolute Gasteiger partial charge is 0.238 e. The monoisotopic (exact) mass is 408 g/mol. The van der Waals surface area contributed by atoms with Crippen LogP contribution in [0.5, 0.6) is 0 Å². The van der Waals surface area contributed by atoms with Gasteiger partial charge in [0.1, 0.15) is 5.82 Å². The number of anilines is 1. The highest BCUT2D eigenvalue weighted by molar-refractivity contribution is 7.91. The van der Waals surface area contributed by atoms with Crippen LogP contribution in [0.2, 0.25) is 0 Å². The van der Waals surface area contributed by atoms with Crippen molar-refractivity contribution >= 4 is 36.6 Å². The van der Waals surface area contributed by atoms with E-state index < -0.39 is 19.9 Å². The van der Waals surface area contributed by atoms with Crippen molar-refractivity contribution < 1.29 is 16.8 Å². The van der Waals surface area contributed by atoms with Gasteiger partial charge < -0.3 is 9.88 Å². The molecule has 2 aromatic carbocycles. The molecule has 1 heterocycles. The lowest BCUT2D eigenvalue weighted by Gasteiger charge is -2.13. The van der Waals surface area contributed by atoms with Crippen LogP contribution in [0.3, 0.4) is 0 Å². The topological polar surface area (TPSA) is 124 Å². The standard InChI is InChI=1S/C17H20N4O4S2/c1-12-20-14-5-3-4-6-16(14)21(12)10-9-19-15-8-7-13(27(18,24)25)11-17(15)26(2,22)23/h3-8,11,19H,9-10H2,1-2H3,(H2,18,24,25). The molecule has 0 aliphatic carbocycles. The highest BCUT2D eigenvalue weighted by Gasteiger charge is 2.18. The zero-order valence-electron chi connectivity index (χ0n) is 14.9. The van der Waals surface area contributed by atoms with Gasteiger partial charge in [-0.15, -0.1) is 0 Å². The second-order valence-corrected chi connectivity index (χ2v) is 9.75. The molecule has 0 bridgehead atoms. The van der Waals surface area contributed by atoms with Crippen LogP contribution in [-0.4, -0.2) is 39.2 Å². The van der Waals surface area contributed by atoms with Crippen LogP contribution in [0.15, 0.2) is 52.3 Å². The number of fused-ring (bicyclic) bond motifs is 1. The Kier molecular flexibility index (Phi) is 4.98. The van der Waals surface area contributed by atoms with Crippen LogP contribution in [0.1, 0.15) is 5.82 Å². The molecule has 0 fully saturated rings. The molecular weight excluding hydrogens is 388 g/mol. The van der Waals surface area contributed by atoms with Crippen LogP contribution in [0.25, 0.3) is 11.0 Å². The molecule has 0 aliphatic rings. The number of hydrogen-bond acceptors (Lipinski definition) is 6. The lowest BCUT2D eigenvalue weighted by Crippen LogP contribution is -2.16. The van der Waals surface area contributed by atoms with Crippen molar-refractivity contribution in [2.24, 2.45) is 5.14 Å². The van der Waals surface area contributed by atoms with E-state index >= 15 is 0 Å². The van der Waals surface area contributed by atoms with Crippen LogP contribution < -0.4 is 10.5 Å². The van der Waals surface area contributed by atoms with Gasteiger partial charge in [-0.2, -0.15) is 0 Å². The second kappa shape index (κ2) is 6.95. The molecule has 3 rings (SSSR count). The average molecular weight is 409 g/mol. The van der Waals surface area contributed by atoms with Gasteiger partial charge in [0, 0.05) is 19.3 Å². The first-order chi connectivity index (χ1) is 12.6. The Balaban J connectivity index is 1.86. The maximum atomic E-state index is 12.1. The number of aromatic nitrogens is 2. The predicted molar refractivity (Wildman–Crippen MR) is 104 cm³/mol. The van der Waals surface area contributed by atoms with Gasteiger partial charge in [-0.05, 0) is 37.3 Å². The molecule has 0 saturated carbocycles. The number of para-hydroxylation sites is 2. The number of benzene rings is 2. The summed E-state index contributed by atoms with van der Waals surface area (Å²) in [4.78, 5) is 4.14. The summed E-state index contributed by atoms with van der Waals surface area (Å²) in [5.74, 6) is 0.853. The van der Waals surface area contributed by atoms with Crippen molar-refractivity contribution in [3.05, 3.63) is 48.3 Å². The van der Waals surface area contributed by atoms with E-state index in [1.54, 1.807) is 0 Å². The molecule has 8 nitrogen and oxygen atoms in total. The molecule has 3 aromatic rings. The minimum Gasteiger partial charge on any atom is -0.382 e. The van der Waals surface area contributed by atoms with E-state index in [1.807, 2.05) is 35.8 Å². The van der Waals surface area contributed by atoms with E-state index in [-0.39, 0.29) is 9.79 Å². The number of rotatable bonds is 6. The van der Waals surface area contributed by atoms with Crippen molar-refractivity contribution in [1.29, 1.82) is 0 Å². The highest BCUT2D eigenvalue weighted by Crippen LogP contribution is 2.24. The molecule has 27 heavy (non-hydrogen) atoms. The largest absolute Gasteiger partial charge is 0.382 e. The van der Waals surface area contributed by atoms with Gasteiger partial charge in [-0.25, -0.2) is 27.0 Å². The molecule has 0 unspecified atom stereocenters. The van der Waals surface area contributed by atoms with E-state index in [2.05, 4.69) is 10.3 Å². The van der Waals surface area contributed by atoms with Gasteiger partial charge in [-0.3, -0.25) is 0 Å². The molecule has 0 atom stereocenters. The van der Waals surface area contributed by atoms with Crippen molar-refractivity contribution in [3.63, 3.8) is 0 Å². The first kappa shape index (κ1) is 19.3. The lowest BCUT2D eigenvalue weighted by molar-refractivity contribution is 0.597. The fraction of sp³-hybridized carbons (Fsp3) is 0.235. The van der Waals surface area contributed by atoms with Gasteiger partial charge in [0.2, 0.25) is 10.0 Å². The number of sulfonamides is 1. The van der Waals surface area contributed by atoms with Gasteiger partial charge in [0.05, 0.1) is 26.5 Å². The maximum absolute atomic E-state index is 12.1. The molecule has 0 aliphatic heterocycles. The molecule has 0 amide bonds. The number of nitrogens with one attached hydrogen (secondary N) is 1. The van der Waals surface area contributed by atoms with Crippen LogP contribution in [0.4, 0.5) is 5.69 Å². The average Bonchev–Trinajstić information content (AvgIpc) is 2.89. The number of aryl methyl sites for hydroxylation is 1. The fourth-order valence-corrected chi connectivity index (χ4v) is 4.41. The van der Waals surface area contributed by atoms with Crippen molar-refractivity contribution in [2.75, 3.05) is 18.1 Å². The number of primary sulfonamides is 1. The lowest BCUT2D eigenvalue weighted by atomic mass is 10.3. The summed E-state index contributed by atoms with van der Waals surface area (Å²) >= 11 is 0. The normalized spacial score (nSPS) is 12.4. The molecule has 0 saturated heterocycles. The van der Waals surface area contributed by atoms with Crippen LogP contribution >= 0.6 is 0 Å². The Morgan fingerprint density at radius 3 is 2.48 bits per heavy atom. The SMILES string of the molecule is Cc1nc2ccccc2n1CCNc1ccc(S(N)(=O)=O)cc1S(C)(=O)=O. The molecule has 1 aromatic heterocycles. The van der Waals surface area contributed by atoms with Crippen molar-refractivity contribution in [1.82, 2.24) is 9.55 Å². The summed E-state index contributed by atoms with van der Waals surface area (Å²) in [5.41, 5.74) is 2.21. The zero-order chi connectivity index (χ0) is 19.8. The van der Waals surface area contributed by atoms with Gasteiger partial charge in [0.15, 0.2) is 9.84 Å². The second-order valence-electron chi connectivity index (χ2n) is 6.20. The summed E-state index contributed by atoms with van der Waals surface area (Å²) in [6.45, 7) is 2.90. The summed E-state index contributed by atoms with van der Waals surface area (Å²) < 4.78 is 49.2. The molecule has 3 N–H and O–H groups in total. The van der Waals surface area contributed by atoms with Gasteiger partial charge in [-0.1, -0.05) is 12.1 Å². The number of nitrogens with zero attached hydrogens (tertiary/aromatic N) is 2. The summed E-state index contributed by atoms with van der Waals surface area (Å²) in [7, 11) is -7.64. The minimum atomic E-state index is -3.99. The van der Waals surface area contributed by atoms with E-state index in [1.165, 1.54) is 12.1 Å².